The molecule has 0 unspecified atom stereocenters. The van der Waals surface area contributed by atoms with Crippen molar-refractivity contribution in [2.75, 3.05) is 23.3 Å². The Morgan fingerprint density at radius 3 is 2.39 bits per heavy atom. The van der Waals surface area contributed by atoms with E-state index < -0.39 is 27.7 Å². The monoisotopic (exact) mass is 453 g/mol. The summed E-state index contributed by atoms with van der Waals surface area (Å²) >= 11 is 0. The highest BCUT2D eigenvalue weighted by Gasteiger charge is 2.32. The van der Waals surface area contributed by atoms with Gasteiger partial charge in [-0.2, -0.15) is 13.2 Å². The van der Waals surface area contributed by atoms with Gasteiger partial charge in [-0.1, -0.05) is 6.07 Å². The lowest BCUT2D eigenvalue weighted by Gasteiger charge is -2.23. The minimum absolute atomic E-state index is 0.0449. The van der Waals surface area contributed by atoms with Gasteiger partial charge in [-0.15, -0.1) is 0 Å². The summed E-state index contributed by atoms with van der Waals surface area (Å²) in [5.74, 6) is -0.678. The highest BCUT2D eigenvalue weighted by Crippen LogP contribution is 2.36. The summed E-state index contributed by atoms with van der Waals surface area (Å²) in [7, 11) is -3.76. The van der Waals surface area contributed by atoms with Crippen LogP contribution in [0.5, 0.6) is 0 Å². The SMILES string of the molecule is O=C(Nc1cc(C(F)(F)F)ccc1N1CCCC1)c1cccc(S(=O)(=O)NC2CC2)c1. The standard InChI is InChI=1S/C21H22F3N3O3S/c22-21(23,24)15-6-9-19(27-10-1-2-11-27)18(13-15)25-20(28)14-4-3-5-17(12-14)31(29,30)26-16-7-8-16/h3-6,9,12-13,16,26H,1-2,7-8,10-11H2,(H,25,28). The highest BCUT2D eigenvalue weighted by atomic mass is 32.2. The predicted molar refractivity (Wildman–Crippen MR) is 111 cm³/mol. The van der Waals surface area contributed by atoms with Crippen LogP contribution in [0.1, 0.15) is 41.6 Å². The number of halogens is 3. The number of anilines is 2. The Hall–Kier alpha value is -2.59. The van der Waals surface area contributed by atoms with Gasteiger partial charge < -0.3 is 10.2 Å². The molecule has 2 aromatic rings. The second-order valence-corrected chi connectivity index (χ2v) is 9.52. The zero-order chi connectivity index (χ0) is 22.2. The quantitative estimate of drug-likeness (QED) is 0.693. The molecule has 1 aliphatic carbocycles. The van der Waals surface area contributed by atoms with Gasteiger partial charge in [0.25, 0.3) is 5.91 Å². The zero-order valence-electron chi connectivity index (χ0n) is 16.6. The minimum atomic E-state index is -4.55. The van der Waals surface area contributed by atoms with Crippen molar-refractivity contribution in [1.82, 2.24) is 4.72 Å². The lowest BCUT2D eigenvalue weighted by molar-refractivity contribution is -0.137. The molecule has 1 aliphatic heterocycles. The smallest absolute Gasteiger partial charge is 0.370 e. The fourth-order valence-electron chi connectivity index (χ4n) is 3.53. The van der Waals surface area contributed by atoms with Crippen LogP contribution in [0.4, 0.5) is 24.5 Å². The van der Waals surface area contributed by atoms with Crippen molar-refractivity contribution in [1.29, 1.82) is 0 Å². The van der Waals surface area contributed by atoms with Gasteiger partial charge >= 0.3 is 6.18 Å². The number of alkyl halides is 3. The maximum atomic E-state index is 13.2. The average molecular weight is 453 g/mol. The average Bonchev–Trinajstić information content (AvgIpc) is 3.35. The van der Waals surface area contributed by atoms with Gasteiger partial charge in [0.1, 0.15) is 0 Å². The number of amides is 1. The van der Waals surface area contributed by atoms with Crippen molar-refractivity contribution < 1.29 is 26.4 Å². The second kappa shape index (κ2) is 8.16. The van der Waals surface area contributed by atoms with Crippen molar-refractivity contribution in [2.45, 2.75) is 42.8 Å². The first kappa shape index (κ1) is 21.6. The highest BCUT2D eigenvalue weighted by molar-refractivity contribution is 7.89. The third kappa shape index (κ3) is 5.01. The van der Waals surface area contributed by atoms with E-state index in [1.165, 1.54) is 30.3 Å². The van der Waals surface area contributed by atoms with Gasteiger partial charge in [0.15, 0.2) is 0 Å². The third-order valence-electron chi connectivity index (χ3n) is 5.32. The first-order valence-electron chi connectivity index (χ1n) is 10.0. The van der Waals surface area contributed by atoms with Crippen LogP contribution in [0, 0.1) is 0 Å². The van der Waals surface area contributed by atoms with Gasteiger partial charge in [0, 0.05) is 24.7 Å². The molecule has 10 heteroatoms. The maximum Gasteiger partial charge on any atom is 0.416 e. The molecular weight excluding hydrogens is 431 g/mol. The van der Waals surface area contributed by atoms with E-state index in [4.69, 9.17) is 0 Å². The van der Waals surface area contributed by atoms with Crippen LogP contribution in [-0.2, 0) is 16.2 Å². The zero-order valence-corrected chi connectivity index (χ0v) is 17.4. The molecule has 2 aliphatic rings. The molecule has 2 N–H and O–H groups in total. The molecule has 0 aromatic heterocycles. The fourth-order valence-corrected chi connectivity index (χ4v) is 4.88. The molecular formula is C21H22F3N3O3S. The Balaban J connectivity index is 1.62. The van der Waals surface area contributed by atoms with E-state index in [0.29, 0.717) is 18.8 Å². The molecule has 2 aromatic carbocycles. The molecule has 1 saturated carbocycles. The lowest BCUT2D eigenvalue weighted by Crippen LogP contribution is -2.26. The second-order valence-electron chi connectivity index (χ2n) is 7.80. The van der Waals surface area contributed by atoms with E-state index in [0.717, 1.165) is 37.8 Å². The Labute approximate surface area is 178 Å². The normalized spacial score (nSPS) is 17.1. The van der Waals surface area contributed by atoms with E-state index in [-0.39, 0.29) is 22.2 Å². The van der Waals surface area contributed by atoms with Gasteiger partial charge in [0.05, 0.1) is 21.8 Å². The van der Waals surface area contributed by atoms with Crippen LogP contribution in [-0.4, -0.2) is 33.5 Å². The van der Waals surface area contributed by atoms with Crippen LogP contribution in [0.15, 0.2) is 47.4 Å². The number of nitrogens with one attached hydrogen (secondary N) is 2. The van der Waals surface area contributed by atoms with Gasteiger partial charge in [0.2, 0.25) is 10.0 Å². The van der Waals surface area contributed by atoms with E-state index in [1.807, 2.05) is 4.90 Å². The van der Waals surface area contributed by atoms with Crippen molar-refractivity contribution in [3.8, 4) is 0 Å². The molecule has 0 radical (unpaired) electrons. The molecule has 2 fully saturated rings. The topological polar surface area (TPSA) is 78.5 Å². The maximum absolute atomic E-state index is 13.2. The van der Waals surface area contributed by atoms with Crippen LogP contribution in [0.3, 0.4) is 0 Å². The van der Waals surface area contributed by atoms with Crippen molar-refractivity contribution in [3.63, 3.8) is 0 Å². The molecule has 1 saturated heterocycles. The van der Waals surface area contributed by atoms with Crippen LogP contribution < -0.4 is 14.9 Å². The summed E-state index contributed by atoms with van der Waals surface area (Å²) in [6, 6.07) is 8.66. The molecule has 4 rings (SSSR count). The Bertz CT molecular complexity index is 1090. The van der Waals surface area contributed by atoms with Gasteiger partial charge in [-0.3, -0.25) is 4.79 Å². The predicted octanol–water partition coefficient (Wildman–Crippen LogP) is 4.00. The number of carbonyl (C=O) groups excluding carboxylic acids is 1. The number of rotatable bonds is 6. The van der Waals surface area contributed by atoms with Crippen molar-refractivity contribution in [3.05, 3.63) is 53.6 Å². The molecule has 0 atom stereocenters. The lowest BCUT2D eigenvalue weighted by atomic mass is 10.1. The fraction of sp³-hybridized carbons (Fsp3) is 0.381. The summed E-state index contributed by atoms with van der Waals surface area (Å²) in [5.41, 5.74) is -0.261. The van der Waals surface area contributed by atoms with Crippen LogP contribution in [0.2, 0.25) is 0 Å². The number of hydrogen-bond donors (Lipinski definition) is 2. The molecule has 0 spiro atoms. The number of nitrogens with zero attached hydrogens (tertiary/aromatic N) is 1. The van der Waals surface area contributed by atoms with E-state index in [1.54, 1.807) is 0 Å². The Kier molecular flexibility index (Phi) is 5.69. The number of benzene rings is 2. The first-order chi connectivity index (χ1) is 14.6. The third-order valence-corrected chi connectivity index (χ3v) is 6.84. The largest absolute Gasteiger partial charge is 0.416 e. The molecule has 1 amide bonds. The van der Waals surface area contributed by atoms with Crippen molar-refractivity contribution >= 4 is 27.3 Å². The molecule has 0 bridgehead atoms. The summed E-state index contributed by atoms with van der Waals surface area (Å²) in [6.07, 6.45) is -1.17. The Morgan fingerprint density at radius 2 is 1.74 bits per heavy atom. The molecule has 31 heavy (non-hydrogen) atoms. The first-order valence-corrected chi connectivity index (χ1v) is 11.5. The van der Waals surface area contributed by atoms with E-state index in [9.17, 15) is 26.4 Å². The Morgan fingerprint density at radius 1 is 1.03 bits per heavy atom. The van der Waals surface area contributed by atoms with Gasteiger partial charge in [-0.25, -0.2) is 13.1 Å². The summed E-state index contributed by atoms with van der Waals surface area (Å²) in [4.78, 5) is 14.7. The van der Waals surface area contributed by atoms with E-state index >= 15 is 0 Å². The van der Waals surface area contributed by atoms with E-state index in [2.05, 4.69) is 10.0 Å². The number of carbonyl (C=O) groups is 1. The molecule has 6 nitrogen and oxygen atoms in total. The molecule has 166 valence electrons. The number of hydrogen-bond acceptors (Lipinski definition) is 4. The van der Waals surface area contributed by atoms with Crippen molar-refractivity contribution in [2.24, 2.45) is 0 Å². The van der Waals surface area contributed by atoms with Crippen LogP contribution in [0.25, 0.3) is 0 Å². The minimum Gasteiger partial charge on any atom is -0.370 e. The van der Waals surface area contributed by atoms with Gasteiger partial charge in [-0.05, 0) is 62.1 Å². The van der Waals surface area contributed by atoms with Crippen LogP contribution >= 0.6 is 0 Å². The summed E-state index contributed by atoms with van der Waals surface area (Å²) < 4.78 is 67.1. The summed E-state index contributed by atoms with van der Waals surface area (Å²) in [6.45, 7) is 1.38. The summed E-state index contributed by atoms with van der Waals surface area (Å²) in [5, 5.41) is 2.55. The molecule has 1 heterocycles. The number of sulfonamides is 1.